The van der Waals surface area contributed by atoms with Crippen LogP contribution in [0.5, 0.6) is 0 Å². The fraction of sp³-hybridized carbons (Fsp3) is 0.932. The van der Waals surface area contributed by atoms with Gasteiger partial charge in [0.05, 0.1) is 55.6 Å². The molecular weight excluding hydrogens is 1170 g/mol. The average Bonchev–Trinajstić information content (AvgIpc) is 0.694. The van der Waals surface area contributed by atoms with Gasteiger partial charge in [-0.2, -0.15) is 0 Å². The Hall–Kier alpha value is -2.32. The van der Waals surface area contributed by atoms with E-state index in [9.17, 15) is 91.6 Å². The molecule has 29 heteroatoms. The van der Waals surface area contributed by atoms with Crippen molar-refractivity contribution in [3.8, 4) is 0 Å². The molecule has 34 unspecified atom stereocenters. The van der Waals surface area contributed by atoms with Crippen molar-refractivity contribution in [1.29, 1.82) is 0 Å². The molecule has 0 amide bonds. The summed E-state index contributed by atoms with van der Waals surface area (Å²) in [6, 6.07) is 0. The monoisotopic (exact) mass is 1270 g/mol. The van der Waals surface area contributed by atoms with Gasteiger partial charge in [0.15, 0.2) is 31.3 Å². The Morgan fingerprint density at radius 1 is 0.545 bits per heavy atom. The summed E-state index contributed by atoms with van der Waals surface area (Å²) in [5, 5.41) is 187. The molecule has 0 aromatic heterocycles. The van der Waals surface area contributed by atoms with E-state index in [0.29, 0.717) is 32.1 Å². The largest absolute Gasteiger partial charge is 0.481 e. The van der Waals surface area contributed by atoms with Crippen molar-refractivity contribution in [2.24, 2.45) is 50.2 Å². The Morgan fingerprint density at radius 3 is 1.73 bits per heavy atom. The molecule has 504 valence electrons. The highest BCUT2D eigenvalue weighted by Gasteiger charge is 2.74. The summed E-state index contributed by atoms with van der Waals surface area (Å²) in [5.74, 6) is -3.81. The zero-order valence-electron chi connectivity index (χ0n) is 50.5. The number of aliphatic carboxylic acids is 1. The summed E-state index contributed by atoms with van der Waals surface area (Å²) in [5.41, 5.74) is -5.56. The van der Waals surface area contributed by atoms with Crippen LogP contribution in [-0.4, -0.2) is 285 Å². The van der Waals surface area contributed by atoms with Crippen LogP contribution in [0.3, 0.4) is 0 Å². The molecule has 5 aliphatic carbocycles. The Labute approximate surface area is 508 Å². The normalized spacial score (nSPS) is 54.6. The molecule has 0 bridgehead atoms. The molecule has 4 saturated carbocycles. The van der Waals surface area contributed by atoms with Crippen LogP contribution in [0, 0.1) is 50.2 Å². The van der Waals surface area contributed by atoms with E-state index in [0.717, 1.165) is 5.57 Å². The first-order chi connectivity index (χ1) is 41.2. The minimum absolute atomic E-state index is 0.0580. The van der Waals surface area contributed by atoms with E-state index in [2.05, 4.69) is 26.8 Å². The first-order valence-electron chi connectivity index (χ1n) is 30.9. The summed E-state index contributed by atoms with van der Waals surface area (Å²) in [6.07, 6.45) is -39.0. The standard InChI is InChI=1S/C59H94O29/c1-22-32(65)37(70)44(85-48-42(75)39(72)43(23(2)81-48)84-47-40(73)33(66)27(64)20-79-47)50(80-22)88-53(78)58-13-12-54(3,4)16-25(58)24-8-9-30-55(5)17-26(63)46(57(7,52(76)77)31(55)10-11-56(30,6)59(24,21-62)15-14-58)87-51-45(38(71)35(68)29(19-61)83-51)86-49-41(74)36(69)34(67)28(18-60)82-49/h8,22-23,25-51,60-75H,9-21H2,1-7H3,(H,76,77). The van der Waals surface area contributed by atoms with E-state index in [-0.39, 0.29) is 37.7 Å². The Balaban J connectivity index is 0.910. The summed E-state index contributed by atoms with van der Waals surface area (Å²) in [6.45, 7) is 10.1. The maximum atomic E-state index is 15.5. The SMILES string of the molecule is CC1OC(OC(=O)C23CCC(C)(C)CC2C2=CCC4C5(C)CC(O)C(OC6OC(CO)C(O)C(O)C6OC6OC(CO)C(O)C(O)C6O)C(C)(C(=O)O)C5CCC4(C)C2(CO)CC3)C(OC2OC(C)C(OC3OCC(O)C(O)C3O)C(O)C2O)C(O)C1O. The van der Waals surface area contributed by atoms with Crippen LogP contribution >= 0.6 is 0 Å². The molecule has 0 spiro atoms. The molecule has 10 aliphatic rings. The highest BCUT2D eigenvalue weighted by Crippen LogP contribution is 2.76. The number of aliphatic hydroxyl groups excluding tert-OH is 16. The molecular formula is C59H94O29. The fourth-order valence-corrected chi connectivity index (χ4v) is 17.8. The van der Waals surface area contributed by atoms with E-state index in [1.165, 1.54) is 20.8 Å². The van der Waals surface area contributed by atoms with Crippen molar-refractivity contribution in [3.05, 3.63) is 11.6 Å². The van der Waals surface area contributed by atoms with Gasteiger partial charge in [0.2, 0.25) is 6.29 Å². The third kappa shape index (κ3) is 11.0. The Kier molecular flexibility index (Phi) is 19.6. The Morgan fingerprint density at radius 2 is 1.09 bits per heavy atom. The van der Waals surface area contributed by atoms with E-state index >= 15 is 4.79 Å². The van der Waals surface area contributed by atoms with Crippen LogP contribution in [-0.2, 0) is 57.0 Å². The van der Waals surface area contributed by atoms with Gasteiger partial charge in [-0.15, -0.1) is 0 Å². The molecule has 0 aromatic rings. The number of carbonyl (C=O) groups is 2. The maximum Gasteiger partial charge on any atom is 0.315 e. The van der Waals surface area contributed by atoms with Crippen LogP contribution in [0.15, 0.2) is 11.6 Å². The second-order valence-corrected chi connectivity index (χ2v) is 28.4. The van der Waals surface area contributed by atoms with E-state index in [1.54, 1.807) is 0 Å². The molecule has 5 aliphatic heterocycles. The second-order valence-electron chi connectivity index (χ2n) is 28.4. The van der Waals surface area contributed by atoms with Crippen molar-refractivity contribution in [1.82, 2.24) is 0 Å². The molecule has 5 heterocycles. The molecule has 17 N–H and O–H groups in total. The number of carboxylic acids is 1. The number of rotatable bonds is 14. The van der Waals surface area contributed by atoms with Crippen molar-refractivity contribution in [2.45, 2.75) is 266 Å². The van der Waals surface area contributed by atoms with Gasteiger partial charge < -0.3 is 134 Å². The van der Waals surface area contributed by atoms with E-state index < -0.39 is 236 Å². The summed E-state index contributed by atoms with van der Waals surface area (Å²) < 4.78 is 59.5. The van der Waals surface area contributed by atoms with Gasteiger partial charge in [-0.3, -0.25) is 9.59 Å². The smallest absolute Gasteiger partial charge is 0.315 e. The Bertz CT molecular complexity index is 2510. The second kappa shape index (κ2) is 25.1. The van der Waals surface area contributed by atoms with Crippen LogP contribution < -0.4 is 0 Å². The number of allylic oxidation sites excluding steroid dienone is 1. The predicted octanol–water partition coefficient (Wildman–Crippen LogP) is -4.51. The van der Waals surface area contributed by atoms with Crippen LogP contribution in [0.2, 0.25) is 0 Å². The molecule has 88 heavy (non-hydrogen) atoms. The molecule has 34 atom stereocenters. The number of ether oxygens (including phenoxy) is 10. The topological polar surface area (TPSA) is 470 Å². The summed E-state index contributed by atoms with van der Waals surface area (Å²) in [4.78, 5) is 29.6. The molecule has 10 rings (SSSR count). The predicted molar refractivity (Wildman–Crippen MR) is 291 cm³/mol. The minimum atomic E-state index is -1.98. The lowest BCUT2D eigenvalue weighted by atomic mass is 9.33. The highest BCUT2D eigenvalue weighted by molar-refractivity contribution is 5.79. The van der Waals surface area contributed by atoms with Gasteiger partial charge in [-0.1, -0.05) is 39.3 Å². The average molecular weight is 1270 g/mol. The van der Waals surface area contributed by atoms with Gasteiger partial charge >= 0.3 is 11.9 Å². The first-order valence-corrected chi connectivity index (χ1v) is 30.9. The number of esters is 1. The zero-order valence-corrected chi connectivity index (χ0v) is 50.5. The molecule has 29 nitrogen and oxygen atoms in total. The van der Waals surface area contributed by atoms with Crippen molar-refractivity contribution >= 4 is 11.9 Å². The van der Waals surface area contributed by atoms with Crippen LogP contribution in [0.4, 0.5) is 0 Å². The van der Waals surface area contributed by atoms with E-state index in [4.69, 9.17) is 47.4 Å². The van der Waals surface area contributed by atoms with Gasteiger partial charge in [0.25, 0.3) is 0 Å². The van der Waals surface area contributed by atoms with Crippen molar-refractivity contribution in [3.63, 3.8) is 0 Å². The lowest BCUT2D eigenvalue weighted by molar-refractivity contribution is -0.382. The number of fused-ring (bicyclic) bond motifs is 7. The lowest BCUT2D eigenvalue weighted by Gasteiger charge is -2.71. The zero-order chi connectivity index (χ0) is 64.4. The molecule has 0 radical (unpaired) electrons. The lowest BCUT2D eigenvalue weighted by Crippen LogP contribution is -2.71. The summed E-state index contributed by atoms with van der Waals surface area (Å²) in [7, 11) is 0. The van der Waals surface area contributed by atoms with Gasteiger partial charge in [-0.25, -0.2) is 0 Å². The maximum absolute atomic E-state index is 15.5. The third-order valence-corrected chi connectivity index (χ3v) is 23.1. The van der Waals surface area contributed by atoms with Crippen molar-refractivity contribution in [2.75, 3.05) is 26.4 Å². The minimum Gasteiger partial charge on any atom is -0.481 e. The number of carboxylic acid groups (broad SMARTS) is 1. The van der Waals surface area contributed by atoms with E-state index in [1.807, 2.05) is 6.92 Å². The molecule has 0 aromatic carbocycles. The third-order valence-electron chi connectivity index (χ3n) is 23.1. The number of hydrogen-bond donors (Lipinski definition) is 17. The molecule has 5 saturated heterocycles. The summed E-state index contributed by atoms with van der Waals surface area (Å²) >= 11 is 0. The van der Waals surface area contributed by atoms with Crippen LogP contribution in [0.25, 0.3) is 0 Å². The highest BCUT2D eigenvalue weighted by atomic mass is 16.8. The first kappa shape index (κ1) is 68.5. The number of hydrogen-bond acceptors (Lipinski definition) is 28. The van der Waals surface area contributed by atoms with Crippen LogP contribution in [0.1, 0.15) is 106 Å². The fourth-order valence-electron chi connectivity index (χ4n) is 17.8. The number of aliphatic hydroxyl groups is 16. The number of carbonyl (C=O) groups excluding carboxylic acids is 1. The van der Waals surface area contributed by atoms with Crippen molar-refractivity contribution < 1.29 is 144 Å². The van der Waals surface area contributed by atoms with Gasteiger partial charge in [0.1, 0.15) is 104 Å². The van der Waals surface area contributed by atoms with Gasteiger partial charge in [0, 0.05) is 5.41 Å². The quantitative estimate of drug-likeness (QED) is 0.0443. The van der Waals surface area contributed by atoms with Gasteiger partial charge in [-0.05, 0) is 113 Å². The molecule has 9 fully saturated rings.